The Balaban J connectivity index is 1.45. The molecular formula is C20H21N3O. The van der Waals surface area contributed by atoms with E-state index in [1.807, 2.05) is 54.3 Å². The number of benzene rings is 2. The molecule has 1 fully saturated rings. The molecule has 0 aliphatic carbocycles. The van der Waals surface area contributed by atoms with Gasteiger partial charge in [-0.25, -0.2) is 4.98 Å². The van der Waals surface area contributed by atoms with Gasteiger partial charge in [-0.15, -0.1) is 0 Å². The highest BCUT2D eigenvalue weighted by atomic mass is 16.2. The van der Waals surface area contributed by atoms with Crippen LogP contribution in [0.25, 0.3) is 11.0 Å². The van der Waals surface area contributed by atoms with Crippen LogP contribution in [-0.2, 0) is 0 Å². The van der Waals surface area contributed by atoms with Crippen molar-refractivity contribution in [3.63, 3.8) is 0 Å². The molecule has 4 heteroatoms. The second kappa shape index (κ2) is 6.11. The monoisotopic (exact) mass is 319 g/mol. The van der Waals surface area contributed by atoms with Gasteiger partial charge in [0.2, 0.25) is 0 Å². The lowest BCUT2D eigenvalue weighted by molar-refractivity contribution is 0.0711. The predicted octanol–water partition coefficient (Wildman–Crippen LogP) is 3.89. The van der Waals surface area contributed by atoms with Crippen LogP contribution in [0.2, 0.25) is 0 Å². The average molecular weight is 319 g/mol. The third kappa shape index (κ3) is 2.80. The van der Waals surface area contributed by atoms with Gasteiger partial charge in [0.15, 0.2) is 0 Å². The van der Waals surface area contributed by atoms with E-state index in [1.54, 1.807) is 0 Å². The summed E-state index contributed by atoms with van der Waals surface area (Å²) in [4.78, 5) is 22.8. The molecule has 0 bridgehead atoms. The van der Waals surface area contributed by atoms with Gasteiger partial charge < -0.3 is 9.88 Å². The van der Waals surface area contributed by atoms with Crippen molar-refractivity contribution in [3.05, 3.63) is 65.5 Å². The zero-order chi connectivity index (χ0) is 16.5. The fourth-order valence-corrected chi connectivity index (χ4v) is 3.48. The molecule has 0 unspecified atom stereocenters. The summed E-state index contributed by atoms with van der Waals surface area (Å²) in [6.45, 7) is 3.59. The summed E-state index contributed by atoms with van der Waals surface area (Å²) in [5.41, 5.74) is 4.02. The minimum absolute atomic E-state index is 0.141. The first-order valence-corrected chi connectivity index (χ1v) is 8.51. The van der Waals surface area contributed by atoms with Gasteiger partial charge in [-0.05, 0) is 44.0 Å². The van der Waals surface area contributed by atoms with Gasteiger partial charge >= 0.3 is 0 Å². The zero-order valence-corrected chi connectivity index (χ0v) is 13.8. The second-order valence-electron chi connectivity index (χ2n) is 6.58. The van der Waals surface area contributed by atoms with E-state index in [2.05, 4.69) is 11.1 Å². The molecule has 1 N–H and O–H groups in total. The molecule has 0 radical (unpaired) electrons. The number of piperidine rings is 1. The van der Waals surface area contributed by atoms with Crippen LogP contribution in [-0.4, -0.2) is 33.9 Å². The Morgan fingerprint density at radius 1 is 1.12 bits per heavy atom. The maximum Gasteiger partial charge on any atom is 0.253 e. The molecular weight excluding hydrogens is 298 g/mol. The number of aromatic amines is 1. The topological polar surface area (TPSA) is 49.0 Å². The normalized spacial score (nSPS) is 15.8. The third-order valence-corrected chi connectivity index (χ3v) is 4.84. The van der Waals surface area contributed by atoms with Crippen LogP contribution in [0.5, 0.6) is 0 Å². The Bertz CT molecular complexity index is 842. The summed E-state index contributed by atoms with van der Waals surface area (Å²) in [6, 6.07) is 16.0. The number of nitrogens with one attached hydrogen (secondary N) is 1. The van der Waals surface area contributed by atoms with Crippen LogP contribution in [0.1, 0.15) is 40.5 Å². The number of H-pyrrole nitrogens is 1. The maximum atomic E-state index is 12.6. The average Bonchev–Trinajstić information content (AvgIpc) is 3.05. The summed E-state index contributed by atoms with van der Waals surface area (Å²) in [6.07, 6.45) is 1.91. The number of nitrogens with zero attached hydrogens (tertiary/aromatic N) is 2. The molecule has 3 aromatic rings. The smallest absolute Gasteiger partial charge is 0.253 e. The first-order chi connectivity index (χ1) is 11.7. The number of carbonyl (C=O) groups excluding carboxylic acids is 1. The predicted molar refractivity (Wildman–Crippen MR) is 95.2 cm³/mol. The van der Waals surface area contributed by atoms with Crippen LogP contribution >= 0.6 is 0 Å². The van der Waals surface area contributed by atoms with Gasteiger partial charge in [0.25, 0.3) is 5.91 Å². The summed E-state index contributed by atoms with van der Waals surface area (Å²) in [7, 11) is 0. The summed E-state index contributed by atoms with van der Waals surface area (Å²) < 4.78 is 0. The van der Waals surface area contributed by atoms with Crippen molar-refractivity contribution >= 4 is 16.9 Å². The summed E-state index contributed by atoms with van der Waals surface area (Å²) in [5, 5.41) is 0. The van der Waals surface area contributed by atoms with Gasteiger partial charge in [0.05, 0.1) is 11.0 Å². The van der Waals surface area contributed by atoms with Crippen LogP contribution in [0.3, 0.4) is 0 Å². The molecule has 1 saturated heterocycles. The molecule has 24 heavy (non-hydrogen) atoms. The van der Waals surface area contributed by atoms with E-state index in [1.165, 1.54) is 0 Å². The standard InChI is InChI=1S/C20H21N3O/c1-14-5-4-6-16(13-14)20(24)23-11-9-15(10-12-23)19-21-17-7-2-3-8-18(17)22-19/h2-8,13,15H,9-12H2,1H3,(H,21,22). The zero-order valence-electron chi connectivity index (χ0n) is 13.8. The van der Waals surface area contributed by atoms with Crippen LogP contribution in [0.4, 0.5) is 0 Å². The maximum absolute atomic E-state index is 12.6. The van der Waals surface area contributed by atoms with E-state index in [9.17, 15) is 4.79 Å². The van der Waals surface area contributed by atoms with Crippen molar-refractivity contribution in [2.45, 2.75) is 25.7 Å². The van der Waals surface area contributed by atoms with Gasteiger partial charge in [-0.1, -0.05) is 29.8 Å². The largest absolute Gasteiger partial charge is 0.342 e. The number of rotatable bonds is 2. The highest BCUT2D eigenvalue weighted by Gasteiger charge is 2.26. The Hall–Kier alpha value is -2.62. The van der Waals surface area contributed by atoms with Crippen molar-refractivity contribution in [2.75, 3.05) is 13.1 Å². The van der Waals surface area contributed by atoms with Crippen molar-refractivity contribution in [1.82, 2.24) is 14.9 Å². The molecule has 1 aliphatic rings. The fraction of sp³-hybridized carbons (Fsp3) is 0.300. The number of aromatic nitrogens is 2. The van der Waals surface area contributed by atoms with Crippen LogP contribution < -0.4 is 0 Å². The number of imidazole rings is 1. The van der Waals surface area contributed by atoms with E-state index in [-0.39, 0.29) is 5.91 Å². The minimum Gasteiger partial charge on any atom is -0.342 e. The van der Waals surface area contributed by atoms with Crippen LogP contribution in [0.15, 0.2) is 48.5 Å². The Kier molecular flexibility index (Phi) is 3.81. The van der Waals surface area contributed by atoms with E-state index >= 15 is 0 Å². The van der Waals surface area contributed by atoms with E-state index < -0.39 is 0 Å². The van der Waals surface area contributed by atoms with E-state index in [0.29, 0.717) is 5.92 Å². The molecule has 122 valence electrons. The molecule has 4 rings (SSSR count). The number of hydrogen-bond acceptors (Lipinski definition) is 2. The highest BCUT2D eigenvalue weighted by molar-refractivity contribution is 5.94. The molecule has 1 aromatic heterocycles. The SMILES string of the molecule is Cc1cccc(C(=O)N2CCC(c3nc4ccccc4[nH]3)CC2)c1. The molecule has 1 amide bonds. The van der Waals surface area contributed by atoms with Crippen molar-refractivity contribution < 1.29 is 4.79 Å². The number of amides is 1. The lowest BCUT2D eigenvalue weighted by atomic mass is 9.95. The number of hydrogen-bond donors (Lipinski definition) is 1. The fourth-order valence-electron chi connectivity index (χ4n) is 3.48. The molecule has 0 atom stereocenters. The number of fused-ring (bicyclic) bond motifs is 1. The number of para-hydroxylation sites is 2. The summed E-state index contributed by atoms with van der Waals surface area (Å²) in [5.74, 6) is 1.60. The molecule has 2 aromatic carbocycles. The first kappa shape index (κ1) is 14.9. The first-order valence-electron chi connectivity index (χ1n) is 8.51. The van der Waals surface area contributed by atoms with Gasteiger partial charge in [0, 0.05) is 24.6 Å². The Labute approximate surface area is 141 Å². The second-order valence-corrected chi connectivity index (χ2v) is 6.58. The van der Waals surface area contributed by atoms with Crippen molar-refractivity contribution in [1.29, 1.82) is 0 Å². The van der Waals surface area contributed by atoms with Crippen LogP contribution in [0, 0.1) is 6.92 Å². The summed E-state index contributed by atoms with van der Waals surface area (Å²) >= 11 is 0. The Morgan fingerprint density at radius 3 is 2.67 bits per heavy atom. The van der Waals surface area contributed by atoms with Crippen molar-refractivity contribution in [2.24, 2.45) is 0 Å². The number of likely N-dealkylation sites (tertiary alicyclic amines) is 1. The van der Waals surface area contributed by atoms with Crippen molar-refractivity contribution in [3.8, 4) is 0 Å². The quantitative estimate of drug-likeness (QED) is 0.779. The number of carbonyl (C=O) groups is 1. The highest BCUT2D eigenvalue weighted by Crippen LogP contribution is 2.28. The molecule has 1 aliphatic heterocycles. The van der Waals surface area contributed by atoms with E-state index in [4.69, 9.17) is 4.98 Å². The van der Waals surface area contributed by atoms with Gasteiger partial charge in [0.1, 0.15) is 5.82 Å². The minimum atomic E-state index is 0.141. The molecule has 4 nitrogen and oxygen atoms in total. The number of aryl methyl sites for hydroxylation is 1. The lowest BCUT2D eigenvalue weighted by Gasteiger charge is -2.31. The molecule has 0 spiro atoms. The molecule has 2 heterocycles. The molecule has 0 saturated carbocycles. The Morgan fingerprint density at radius 2 is 1.92 bits per heavy atom. The third-order valence-electron chi connectivity index (χ3n) is 4.84. The lowest BCUT2D eigenvalue weighted by Crippen LogP contribution is -2.38. The van der Waals surface area contributed by atoms with Gasteiger partial charge in [-0.2, -0.15) is 0 Å². The van der Waals surface area contributed by atoms with Gasteiger partial charge in [-0.3, -0.25) is 4.79 Å². The van der Waals surface area contributed by atoms with E-state index in [0.717, 1.165) is 53.9 Å².